The zero-order valence-electron chi connectivity index (χ0n) is 15.3. The van der Waals surface area contributed by atoms with Gasteiger partial charge in [-0.3, -0.25) is 4.79 Å². The number of amides is 1. The first kappa shape index (κ1) is 19.9. The van der Waals surface area contributed by atoms with E-state index in [0.717, 1.165) is 37.9 Å². The van der Waals surface area contributed by atoms with Crippen molar-refractivity contribution in [3.05, 3.63) is 35.9 Å². The molecule has 1 atom stereocenters. The number of rotatable bonds is 8. The van der Waals surface area contributed by atoms with Gasteiger partial charge in [0.1, 0.15) is 6.04 Å². The van der Waals surface area contributed by atoms with Crippen molar-refractivity contribution < 1.29 is 13.2 Å². The number of benzene rings is 1. The molecule has 0 aliphatic carbocycles. The van der Waals surface area contributed by atoms with E-state index < -0.39 is 16.1 Å². The molecule has 0 bridgehead atoms. The summed E-state index contributed by atoms with van der Waals surface area (Å²) in [6, 6.07) is 9.18. The second kappa shape index (κ2) is 9.34. The molecule has 0 radical (unpaired) electrons. The van der Waals surface area contributed by atoms with E-state index in [-0.39, 0.29) is 17.6 Å². The Bertz CT molecular complexity index is 638. The van der Waals surface area contributed by atoms with Crippen molar-refractivity contribution >= 4 is 15.9 Å². The Labute approximate surface area is 151 Å². The third kappa shape index (κ3) is 6.44. The summed E-state index contributed by atoms with van der Waals surface area (Å²) in [5.41, 5.74) is 1.13. The Kier molecular flexibility index (Phi) is 7.44. The van der Waals surface area contributed by atoms with Crippen LogP contribution in [0.25, 0.3) is 0 Å². The van der Waals surface area contributed by atoms with Crippen LogP contribution >= 0.6 is 0 Å². The van der Waals surface area contributed by atoms with Crippen molar-refractivity contribution in [3.63, 3.8) is 0 Å². The molecule has 1 saturated heterocycles. The first-order valence-electron chi connectivity index (χ1n) is 9.22. The van der Waals surface area contributed by atoms with Crippen LogP contribution in [0, 0.1) is 5.92 Å². The van der Waals surface area contributed by atoms with Crippen molar-refractivity contribution in [1.29, 1.82) is 0 Å². The van der Waals surface area contributed by atoms with E-state index in [2.05, 4.69) is 4.72 Å². The standard InChI is InChI=1S/C19H30N2O3S/c1-16(2)18(19(22)21-13-7-4-8-14-21)20-25(23,24)15-9-12-17-10-5-3-6-11-17/h3,5-6,10-11,16,18,20H,4,7-9,12-15H2,1-2H3/t18-/m0/s1. The molecule has 1 aromatic rings. The molecule has 0 unspecified atom stereocenters. The number of aryl methyl sites for hydroxylation is 1. The third-order valence-corrected chi connectivity index (χ3v) is 6.07. The van der Waals surface area contributed by atoms with Crippen LogP contribution in [0.4, 0.5) is 0 Å². The summed E-state index contributed by atoms with van der Waals surface area (Å²) in [4.78, 5) is 14.5. The highest BCUT2D eigenvalue weighted by Gasteiger charge is 2.31. The molecule has 6 heteroatoms. The second-order valence-electron chi connectivity index (χ2n) is 7.13. The van der Waals surface area contributed by atoms with Gasteiger partial charge in [0.25, 0.3) is 0 Å². The van der Waals surface area contributed by atoms with Crippen LogP contribution in [0.3, 0.4) is 0 Å². The van der Waals surface area contributed by atoms with Gasteiger partial charge in [-0.15, -0.1) is 0 Å². The van der Waals surface area contributed by atoms with Crippen molar-refractivity contribution in [2.45, 2.75) is 52.0 Å². The quantitative estimate of drug-likeness (QED) is 0.769. The molecule has 2 rings (SSSR count). The predicted molar refractivity (Wildman–Crippen MR) is 101 cm³/mol. The average Bonchev–Trinajstić information content (AvgIpc) is 2.60. The summed E-state index contributed by atoms with van der Waals surface area (Å²) >= 11 is 0. The van der Waals surface area contributed by atoms with E-state index in [0.29, 0.717) is 12.8 Å². The number of hydrogen-bond donors (Lipinski definition) is 1. The van der Waals surface area contributed by atoms with Gasteiger partial charge in [-0.1, -0.05) is 44.2 Å². The number of sulfonamides is 1. The van der Waals surface area contributed by atoms with E-state index in [9.17, 15) is 13.2 Å². The fourth-order valence-electron chi connectivity index (χ4n) is 3.15. The molecule has 5 nitrogen and oxygen atoms in total. The molecule has 1 heterocycles. The van der Waals surface area contributed by atoms with Crippen LogP contribution in [-0.2, 0) is 21.2 Å². The van der Waals surface area contributed by atoms with Gasteiger partial charge in [0.05, 0.1) is 5.75 Å². The molecule has 1 amide bonds. The summed E-state index contributed by atoms with van der Waals surface area (Å²) in [6.07, 6.45) is 4.40. The Morgan fingerprint density at radius 1 is 1.12 bits per heavy atom. The number of carbonyl (C=O) groups is 1. The molecule has 25 heavy (non-hydrogen) atoms. The maximum atomic E-state index is 12.7. The normalized spacial score (nSPS) is 16.8. The van der Waals surface area contributed by atoms with Crippen molar-refractivity contribution in [2.24, 2.45) is 5.92 Å². The molecule has 1 N–H and O–H groups in total. The Balaban J connectivity index is 1.91. The van der Waals surface area contributed by atoms with E-state index in [1.165, 1.54) is 0 Å². The van der Waals surface area contributed by atoms with Crippen LogP contribution in [-0.4, -0.2) is 44.1 Å². The van der Waals surface area contributed by atoms with Crippen molar-refractivity contribution in [1.82, 2.24) is 9.62 Å². The van der Waals surface area contributed by atoms with Crippen LogP contribution in [0.1, 0.15) is 45.1 Å². The summed E-state index contributed by atoms with van der Waals surface area (Å²) in [5, 5.41) is 0. The van der Waals surface area contributed by atoms with Gasteiger partial charge in [0.15, 0.2) is 0 Å². The maximum absolute atomic E-state index is 12.7. The minimum atomic E-state index is -3.48. The van der Waals surface area contributed by atoms with Gasteiger partial charge >= 0.3 is 0 Å². The Morgan fingerprint density at radius 3 is 2.36 bits per heavy atom. The second-order valence-corrected chi connectivity index (χ2v) is 9.01. The minimum absolute atomic E-state index is 0.0401. The highest BCUT2D eigenvalue weighted by molar-refractivity contribution is 7.89. The topological polar surface area (TPSA) is 66.5 Å². The lowest BCUT2D eigenvalue weighted by atomic mass is 10.0. The lowest BCUT2D eigenvalue weighted by Crippen LogP contribution is -2.52. The largest absolute Gasteiger partial charge is 0.341 e. The van der Waals surface area contributed by atoms with Gasteiger partial charge in [0, 0.05) is 13.1 Å². The predicted octanol–water partition coefficient (Wildman–Crippen LogP) is 2.58. The SMILES string of the molecule is CC(C)[C@H](NS(=O)(=O)CCCc1ccccc1)C(=O)N1CCCCC1. The fraction of sp³-hybridized carbons (Fsp3) is 0.632. The van der Waals surface area contributed by atoms with Gasteiger partial charge in [-0.25, -0.2) is 13.1 Å². The molecule has 1 aliphatic rings. The van der Waals surface area contributed by atoms with E-state index >= 15 is 0 Å². The van der Waals surface area contributed by atoms with Crippen LogP contribution in [0.2, 0.25) is 0 Å². The molecular formula is C19H30N2O3S. The van der Waals surface area contributed by atoms with Gasteiger partial charge in [-0.05, 0) is 43.6 Å². The first-order valence-corrected chi connectivity index (χ1v) is 10.9. The van der Waals surface area contributed by atoms with Crippen LogP contribution < -0.4 is 4.72 Å². The maximum Gasteiger partial charge on any atom is 0.241 e. The van der Waals surface area contributed by atoms with Gasteiger partial charge in [-0.2, -0.15) is 0 Å². The smallest absolute Gasteiger partial charge is 0.241 e. The number of nitrogens with one attached hydrogen (secondary N) is 1. The highest BCUT2D eigenvalue weighted by Crippen LogP contribution is 2.14. The van der Waals surface area contributed by atoms with E-state index in [1.54, 1.807) is 4.90 Å². The number of piperidine rings is 1. The first-order chi connectivity index (χ1) is 11.9. The molecule has 1 aliphatic heterocycles. The number of nitrogens with zero attached hydrogens (tertiary/aromatic N) is 1. The number of carbonyl (C=O) groups excluding carboxylic acids is 1. The molecule has 1 fully saturated rings. The molecule has 0 aromatic heterocycles. The summed E-state index contributed by atoms with van der Waals surface area (Å²) in [7, 11) is -3.48. The molecule has 0 saturated carbocycles. The van der Waals surface area contributed by atoms with Crippen LogP contribution in [0.15, 0.2) is 30.3 Å². The highest BCUT2D eigenvalue weighted by atomic mass is 32.2. The fourth-order valence-corrected chi connectivity index (χ4v) is 4.55. The summed E-state index contributed by atoms with van der Waals surface area (Å²) in [5.74, 6) is -0.113. The van der Waals surface area contributed by atoms with Crippen LogP contribution in [0.5, 0.6) is 0 Å². The minimum Gasteiger partial charge on any atom is -0.341 e. The summed E-state index contributed by atoms with van der Waals surface area (Å²) in [6.45, 7) is 5.24. The van der Waals surface area contributed by atoms with E-state index in [4.69, 9.17) is 0 Å². The Hall–Kier alpha value is -1.40. The van der Waals surface area contributed by atoms with E-state index in [1.807, 2.05) is 44.2 Å². The zero-order chi connectivity index (χ0) is 18.3. The molecule has 1 aromatic carbocycles. The molecular weight excluding hydrogens is 336 g/mol. The average molecular weight is 367 g/mol. The van der Waals surface area contributed by atoms with Gasteiger partial charge in [0.2, 0.25) is 15.9 Å². The van der Waals surface area contributed by atoms with Gasteiger partial charge < -0.3 is 4.90 Å². The number of hydrogen-bond acceptors (Lipinski definition) is 3. The Morgan fingerprint density at radius 2 is 1.76 bits per heavy atom. The molecule has 0 spiro atoms. The lowest BCUT2D eigenvalue weighted by Gasteiger charge is -2.32. The molecule has 140 valence electrons. The summed E-state index contributed by atoms with van der Waals surface area (Å²) < 4.78 is 27.5. The third-order valence-electron chi connectivity index (χ3n) is 4.63. The lowest BCUT2D eigenvalue weighted by molar-refractivity contribution is -0.134. The number of likely N-dealkylation sites (tertiary alicyclic amines) is 1. The zero-order valence-corrected chi connectivity index (χ0v) is 16.1. The van der Waals surface area contributed by atoms with Crippen molar-refractivity contribution in [2.75, 3.05) is 18.8 Å². The van der Waals surface area contributed by atoms with Crippen molar-refractivity contribution in [3.8, 4) is 0 Å². The monoisotopic (exact) mass is 366 g/mol.